The number of carbonyl (C=O) groups excluding carboxylic acids is 2. The fourth-order valence-corrected chi connectivity index (χ4v) is 1.92. The Morgan fingerprint density at radius 1 is 1.40 bits per heavy atom. The number of benzene rings is 1. The number of amides is 1. The number of rotatable bonds is 4. The molecule has 106 valence electrons. The number of hydrogen-bond acceptors (Lipinski definition) is 4. The monoisotopic (exact) mass is 275 g/mol. The highest BCUT2D eigenvalue weighted by Gasteiger charge is 2.25. The van der Waals surface area contributed by atoms with Crippen LogP contribution in [0.25, 0.3) is 0 Å². The molecule has 20 heavy (non-hydrogen) atoms. The van der Waals surface area contributed by atoms with E-state index in [0.717, 1.165) is 5.56 Å². The van der Waals surface area contributed by atoms with Gasteiger partial charge in [0.25, 0.3) is 6.29 Å². The van der Waals surface area contributed by atoms with E-state index in [9.17, 15) is 9.59 Å². The van der Waals surface area contributed by atoms with Gasteiger partial charge in [0.05, 0.1) is 0 Å². The van der Waals surface area contributed by atoms with Crippen molar-refractivity contribution in [1.82, 2.24) is 5.32 Å². The molecular formula is C15H17NO4. The first kappa shape index (κ1) is 14.1. The maximum Gasteiger partial charge on any atom is 0.410 e. The van der Waals surface area contributed by atoms with Gasteiger partial charge in [-0.2, -0.15) is 0 Å². The van der Waals surface area contributed by atoms with Crippen LogP contribution in [0, 0.1) is 0 Å². The van der Waals surface area contributed by atoms with Gasteiger partial charge in [0.1, 0.15) is 0 Å². The number of nitrogens with one attached hydrogen (secondary N) is 1. The zero-order valence-corrected chi connectivity index (χ0v) is 11.5. The fourth-order valence-electron chi connectivity index (χ4n) is 1.92. The van der Waals surface area contributed by atoms with Gasteiger partial charge < -0.3 is 14.8 Å². The predicted octanol–water partition coefficient (Wildman–Crippen LogP) is 2.17. The Morgan fingerprint density at radius 2 is 2.10 bits per heavy atom. The first-order valence-corrected chi connectivity index (χ1v) is 6.45. The van der Waals surface area contributed by atoms with Crippen LogP contribution in [0.5, 0.6) is 0 Å². The van der Waals surface area contributed by atoms with E-state index < -0.39 is 18.4 Å². The summed E-state index contributed by atoms with van der Waals surface area (Å²) in [5, 5.41) is 2.70. The number of cyclic esters (lactones) is 1. The van der Waals surface area contributed by atoms with E-state index in [1.54, 1.807) is 6.92 Å². The number of esters is 1. The molecule has 1 aliphatic heterocycles. The van der Waals surface area contributed by atoms with Crippen molar-refractivity contribution in [3.8, 4) is 0 Å². The number of carbonyl (C=O) groups is 2. The summed E-state index contributed by atoms with van der Waals surface area (Å²) in [7, 11) is 0. The third-order valence-electron chi connectivity index (χ3n) is 2.90. The number of ether oxygens (including phenoxy) is 2. The summed E-state index contributed by atoms with van der Waals surface area (Å²) in [5.41, 5.74) is 1.57. The van der Waals surface area contributed by atoms with Gasteiger partial charge in [-0.1, -0.05) is 30.3 Å². The summed E-state index contributed by atoms with van der Waals surface area (Å²) in [6.07, 6.45) is 0.655. The Kier molecular flexibility index (Phi) is 4.40. The highest BCUT2D eigenvalue weighted by atomic mass is 16.7. The van der Waals surface area contributed by atoms with Crippen LogP contribution < -0.4 is 5.32 Å². The highest BCUT2D eigenvalue weighted by Crippen LogP contribution is 2.14. The molecule has 0 spiro atoms. The van der Waals surface area contributed by atoms with Gasteiger partial charge in [0, 0.05) is 17.7 Å². The van der Waals surface area contributed by atoms with Crippen molar-refractivity contribution in [1.29, 1.82) is 0 Å². The SMILES string of the molecule is CC1=CC(OC(=O)N[C@H](C)Cc2ccccc2)OC1=O. The van der Waals surface area contributed by atoms with Crippen LogP contribution in [0.15, 0.2) is 42.0 Å². The van der Waals surface area contributed by atoms with Crippen molar-refractivity contribution >= 4 is 12.1 Å². The summed E-state index contributed by atoms with van der Waals surface area (Å²) in [4.78, 5) is 22.8. The first-order chi connectivity index (χ1) is 9.54. The molecule has 5 nitrogen and oxygen atoms in total. The average Bonchev–Trinajstić information content (AvgIpc) is 2.68. The van der Waals surface area contributed by atoms with E-state index >= 15 is 0 Å². The first-order valence-electron chi connectivity index (χ1n) is 6.45. The second-order valence-electron chi connectivity index (χ2n) is 4.76. The van der Waals surface area contributed by atoms with Crippen LogP contribution in [0.1, 0.15) is 19.4 Å². The third-order valence-corrected chi connectivity index (χ3v) is 2.90. The summed E-state index contributed by atoms with van der Waals surface area (Å²) in [5.74, 6) is -0.458. The number of hydrogen-bond donors (Lipinski definition) is 1. The van der Waals surface area contributed by atoms with Crippen molar-refractivity contribution in [2.45, 2.75) is 32.6 Å². The van der Waals surface area contributed by atoms with Gasteiger partial charge in [-0.15, -0.1) is 0 Å². The standard InChI is InChI=1S/C15H17NO4/c1-10-8-13(19-14(10)17)20-15(18)16-11(2)9-12-6-4-3-5-7-12/h3-8,11,13H,9H2,1-2H3,(H,16,18)/t11-,13?/m1/s1. The van der Waals surface area contributed by atoms with Gasteiger partial charge in [0.2, 0.25) is 0 Å². The van der Waals surface area contributed by atoms with Crippen LogP contribution in [0.2, 0.25) is 0 Å². The van der Waals surface area contributed by atoms with Gasteiger partial charge >= 0.3 is 12.1 Å². The maximum atomic E-state index is 11.7. The largest absolute Gasteiger partial charge is 0.418 e. The van der Waals surface area contributed by atoms with Crippen molar-refractivity contribution in [2.24, 2.45) is 0 Å². The molecule has 0 fully saturated rings. The van der Waals surface area contributed by atoms with Gasteiger partial charge in [-0.3, -0.25) is 0 Å². The molecule has 0 bridgehead atoms. The van der Waals surface area contributed by atoms with Crippen LogP contribution in [-0.4, -0.2) is 24.4 Å². The molecule has 1 aromatic rings. The maximum absolute atomic E-state index is 11.7. The molecule has 5 heteroatoms. The zero-order valence-electron chi connectivity index (χ0n) is 11.5. The summed E-state index contributed by atoms with van der Waals surface area (Å²) in [6, 6.07) is 9.76. The van der Waals surface area contributed by atoms with E-state index in [-0.39, 0.29) is 6.04 Å². The van der Waals surface area contributed by atoms with E-state index in [2.05, 4.69) is 5.32 Å². The summed E-state index contributed by atoms with van der Waals surface area (Å²) >= 11 is 0. The lowest BCUT2D eigenvalue weighted by Crippen LogP contribution is -2.36. The lowest BCUT2D eigenvalue weighted by Gasteiger charge is -2.15. The van der Waals surface area contributed by atoms with E-state index in [1.807, 2.05) is 37.3 Å². The minimum atomic E-state index is -0.925. The van der Waals surface area contributed by atoms with Crippen LogP contribution >= 0.6 is 0 Å². The van der Waals surface area contributed by atoms with Gasteiger partial charge in [-0.25, -0.2) is 9.59 Å². The zero-order chi connectivity index (χ0) is 14.5. The van der Waals surface area contributed by atoms with E-state index in [4.69, 9.17) is 9.47 Å². The molecule has 1 N–H and O–H groups in total. The Labute approximate surface area is 117 Å². The molecule has 1 amide bonds. The average molecular weight is 275 g/mol. The summed E-state index contributed by atoms with van der Waals surface area (Å²) in [6.45, 7) is 3.50. The second-order valence-corrected chi connectivity index (χ2v) is 4.76. The van der Waals surface area contributed by atoms with Crippen molar-refractivity contribution in [3.05, 3.63) is 47.5 Å². The van der Waals surface area contributed by atoms with Gasteiger partial charge in [-0.05, 0) is 25.8 Å². The van der Waals surface area contributed by atoms with Crippen LogP contribution in [-0.2, 0) is 20.7 Å². The van der Waals surface area contributed by atoms with Crippen molar-refractivity contribution < 1.29 is 19.1 Å². The molecule has 1 aromatic carbocycles. The van der Waals surface area contributed by atoms with Crippen LogP contribution in [0.3, 0.4) is 0 Å². The molecule has 2 rings (SSSR count). The molecule has 0 saturated heterocycles. The van der Waals surface area contributed by atoms with E-state index in [0.29, 0.717) is 12.0 Å². The normalized spacial score (nSPS) is 19.0. The smallest absolute Gasteiger partial charge is 0.410 e. The molecule has 1 aliphatic rings. The van der Waals surface area contributed by atoms with E-state index in [1.165, 1.54) is 6.08 Å². The minimum absolute atomic E-state index is 0.0768. The molecule has 0 saturated carbocycles. The van der Waals surface area contributed by atoms with Crippen LogP contribution in [0.4, 0.5) is 4.79 Å². The molecule has 1 unspecified atom stereocenters. The number of alkyl carbamates (subject to hydrolysis) is 1. The Morgan fingerprint density at radius 3 is 2.70 bits per heavy atom. The topological polar surface area (TPSA) is 64.6 Å². The molecule has 0 radical (unpaired) electrons. The molecule has 0 aromatic heterocycles. The molecule has 1 heterocycles. The summed E-state index contributed by atoms with van der Waals surface area (Å²) < 4.78 is 9.82. The Hall–Kier alpha value is -2.30. The highest BCUT2D eigenvalue weighted by molar-refractivity contribution is 5.90. The van der Waals surface area contributed by atoms with Gasteiger partial charge in [0.15, 0.2) is 0 Å². The Balaban J connectivity index is 1.79. The quantitative estimate of drug-likeness (QED) is 0.855. The minimum Gasteiger partial charge on any atom is -0.418 e. The molecule has 2 atom stereocenters. The lowest BCUT2D eigenvalue weighted by atomic mass is 10.1. The lowest BCUT2D eigenvalue weighted by molar-refractivity contribution is -0.151. The molecular weight excluding hydrogens is 258 g/mol. The Bertz CT molecular complexity index is 524. The van der Waals surface area contributed by atoms with Crippen molar-refractivity contribution in [3.63, 3.8) is 0 Å². The van der Waals surface area contributed by atoms with Crippen molar-refractivity contribution in [2.75, 3.05) is 0 Å². The molecule has 0 aliphatic carbocycles. The fraction of sp³-hybridized carbons (Fsp3) is 0.333. The third kappa shape index (κ3) is 3.85. The predicted molar refractivity (Wildman–Crippen MR) is 72.9 cm³/mol. The second kappa shape index (κ2) is 6.23.